The van der Waals surface area contributed by atoms with Crippen LogP contribution in [0.5, 0.6) is 0 Å². The van der Waals surface area contributed by atoms with Crippen molar-refractivity contribution in [3.8, 4) is 0 Å². The molecule has 4 N–H and O–H groups in total. The Bertz CT molecular complexity index is 1490. The Kier molecular flexibility index (Phi) is 6.51. The standard InChI is InChI=1S/C25H23ClFN7O4/c1-13-20-17(30-32(13)2)10-11-33(22(20)23(35)28-15-8-6-14(7-9-15)25(37)38)24(36)18-12-34(31-29-18)19-5-3-4-16(26)21(19)27/h3-9,12,22,29,31H,10-11H2,1-2H3,(H,28,35)(H,37,38). The Morgan fingerprint density at radius 3 is 2.63 bits per heavy atom. The summed E-state index contributed by atoms with van der Waals surface area (Å²) in [5.41, 5.74) is 8.19. The lowest BCUT2D eigenvalue weighted by Gasteiger charge is -2.34. The summed E-state index contributed by atoms with van der Waals surface area (Å²) in [6, 6.07) is 9.20. The van der Waals surface area contributed by atoms with Crippen LogP contribution in [0.3, 0.4) is 0 Å². The van der Waals surface area contributed by atoms with Gasteiger partial charge in [-0.3, -0.25) is 24.7 Å². The Morgan fingerprint density at radius 1 is 1.18 bits per heavy atom. The highest BCUT2D eigenvalue weighted by atomic mass is 35.5. The SMILES string of the molecule is Cc1c2c(nn1C)CCN(C(=O)C1=CN(c3cccc(Cl)c3F)NN1)C2C(=O)Nc1ccc(C(=O)O)cc1. The summed E-state index contributed by atoms with van der Waals surface area (Å²) < 4.78 is 16.2. The highest BCUT2D eigenvalue weighted by Gasteiger charge is 2.41. The van der Waals surface area contributed by atoms with Crippen molar-refractivity contribution in [1.82, 2.24) is 25.6 Å². The normalized spacial score (nSPS) is 16.5. The number of nitrogens with zero attached hydrogens (tertiary/aromatic N) is 4. The van der Waals surface area contributed by atoms with Gasteiger partial charge < -0.3 is 15.3 Å². The van der Waals surface area contributed by atoms with E-state index in [2.05, 4.69) is 21.4 Å². The number of halogens is 2. The molecule has 0 saturated carbocycles. The molecule has 2 amide bonds. The molecule has 2 aliphatic heterocycles. The average molecular weight is 540 g/mol. The number of hydrazine groups is 2. The molecule has 3 aromatic rings. The molecular formula is C25H23ClFN7O4. The fourth-order valence-corrected chi connectivity index (χ4v) is 4.70. The number of hydrogen-bond acceptors (Lipinski definition) is 7. The molecule has 38 heavy (non-hydrogen) atoms. The molecule has 3 heterocycles. The van der Waals surface area contributed by atoms with Gasteiger partial charge >= 0.3 is 5.97 Å². The second-order valence-electron chi connectivity index (χ2n) is 8.81. The number of hydrogen-bond donors (Lipinski definition) is 4. The number of carboxylic acids is 1. The van der Waals surface area contributed by atoms with Crippen molar-refractivity contribution in [3.05, 3.63) is 87.7 Å². The molecule has 2 aliphatic rings. The van der Waals surface area contributed by atoms with Crippen molar-refractivity contribution in [2.45, 2.75) is 19.4 Å². The lowest BCUT2D eigenvalue weighted by atomic mass is 9.95. The zero-order valence-corrected chi connectivity index (χ0v) is 21.1. The van der Waals surface area contributed by atoms with Crippen LogP contribution in [0.2, 0.25) is 5.02 Å². The number of anilines is 2. The van der Waals surface area contributed by atoms with Crippen LogP contribution in [-0.4, -0.2) is 44.1 Å². The molecule has 1 unspecified atom stereocenters. The summed E-state index contributed by atoms with van der Waals surface area (Å²) >= 11 is 5.90. The van der Waals surface area contributed by atoms with E-state index in [1.807, 2.05) is 6.92 Å². The first-order chi connectivity index (χ1) is 18.2. The number of carbonyl (C=O) groups excluding carboxylic acids is 2. The molecule has 196 valence electrons. The van der Waals surface area contributed by atoms with E-state index < -0.39 is 29.6 Å². The third-order valence-corrected chi connectivity index (χ3v) is 6.82. The van der Waals surface area contributed by atoms with Crippen LogP contribution in [0.1, 0.15) is 33.4 Å². The summed E-state index contributed by atoms with van der Waals surface area (Å²) in [4.78, 5) is 39.9. The zero-order chi connectivity index (χ0) is 27.1. The Labute approximate surface area is 221 Å². The Morgan fingerprint density at radius 2 is 1.92 bits per heavy atom. The van der Waals surface area contributed by atoms with Crippen LogP contribution in [0, 0.1) is 12.7 Å². The van der Waals surface area contributed by atoms with E-state index in [9.17, 15) is 18.8 Å². The number of aromatic carboxylic acids is 1. The van der Waals surface area contributed by atoms with Crippen molar-refractivity contribution in [1.29, 1.82) is 0 Å². The maximum atomic E-state index is 14.5. The minimum absolute atomic E-state index is 0.0683. The Balaban J connectivity index is 1.46. The van der Waals surface area contributed by atoms with Crippen LogP contribution in [0.15, 0.2) is 54.4 Å². The number of benzene rings is 2. The van der Waals surface area contributed by atoms with Gasteiger partial charge in [-0.05, 0) is 43.3 Å². The van der Waals surface area contributed by atoms with Crippen molar-refractivity contribution < 1.29 is 23.9 Å². The third-order valence-electron chi connectivity index (χ3n) is 6.53. The first-order valence-electron chi connectivity index (χ1n) is 11.6. The minimum Gasteiger partial charge on any atom is -0.478 e. The number of nitrogens with one attached hydrogen (secondary N) is 3. The maximum Gasteiger partial charge on any atom is 0.335 e. The van der Waals surface area contributed by atoms with Crippen LogP contribution in [0.4, 0.5) is 15.8 Å². The highest BCUT2D eigenvalue weighted by molar-refractivity contribution is 6.31. The van der Waals surface area contributed by atoms with E-state index >= 15 is 0 Å². The number of rotatable bonds is 5. The van der Waals surface area contributed by atoms with Gasteiger partial charge in [-0.2, -0.15) is 5.10 Å². The molecule has 0 saturated heterocycles. The number of aromatic nitrogens is 2. The van der Waals surface area contributed by atoms with Gasteiger partial charge in [0.2, 0.25) is 0 Å². The quantitative estimate of drug-likeness (QED) is 0.389. The van der Waals surface area contributed by atoms with Crippen molar-refractivity contribution in [2.75, 3.05) is 16.9 Å². The second kappa shape index (κ2) is 9.80. The van der Waals surface area contributed by atoms with E-state index in [1.54, 1.807) is 17.8 Å². The van der Waals surface area contributed by atoms with Gasteiger partial charge in [-0.15, -0.1) is 5.53 Å². The minimum atomic E-state index is -1.08. The summed E-state index contributed by atoms with van der Waals surface area (Å²) in [5, 5.41) is 17.7. The first-order valence-corrected chi connectivity index (χ1v) is 12.0. The van der Waals surface area contributed by atoms with Gasteiger partial charge in [-0.1, -0.05) is 17.7 Å². The molecule has 5 rings (SSSR count). The van der Waals surface area contributed by atoms with Gasteiger partial charge in [0.25, 0.3) is 11.8 Å². The average Bonchev–Trinajstić information content (AvgIpc) is 3.50. The molecule has 0 aliphatic carbocycles. The number of carboxylic acid groups (broad SMARTS) is 1. The fraction of sp³-hybridized carbons (Fsp3) is 0.200. The lowest BCUT2D eigenvalue weighted by Crippen LogP contribution is -2.48. The predicted octanol–water partition coefficient (Wildman–Crippen LogP) is 2.65. The molecule has 0 bridgehead atoms. The van der Waals surface area contributed by atoms with Crippen LogP contribution in [-0.2, 0) is 23.1 Å². The summed E-state index contributed by atoms with van der Waals surface area (Å²) in [7, 11) is 1.77. The molecule has 0 radical (unpaired) electrons. The first kappa shape index (κ1) is 25.2. The number of carbonyl (C=O) groups is 3. The molecule has 0 fully saturated rings. The predicted molar refractivity (Wildman–Crippen MR) is 136 cm³/mol. The van der Waals surface area contributed by atoms with Crippen LogP contribution < -0.4 is 21.3 Å². The topological polar surface area (TPSA) is 132 Å². The van der Waals surface area contributed by atoms with Gasteiger partial charge in [0.1, 0.15) is 11.7 Å². The zero-order valence-electron chi connectivity index (χ0n) is 20.3. The third kappa shape index (κ3) is 4.44. The highest BCUT2D eigenvalue weighted by Crippen LogP contribution is 2.34. The monoisotopic (exact) mass is 539 g/mol. The molecule has 0 spiro atoms. The smallest absolute Gasteiger partial charge is 0.335 e. The van der Waals surface area contributed by atoms with Gasteiger partial charge in [0.15, 0.2) is 5.82 Å². The van der Waals surface area contributed by atoms with Crippen LogP contribution in [0.25, 0.3) is 0 Å². The van der Waals surface area contributed by atoms with Crippen molar-refractivity contribution in [2.24, 2.45) is 7.05 Å². The molecule has 11 nitrogen and oxygen atoms in total. The number of amides is 2. The van der Waals surface area contributed by atoms with Crippen LogP contribution >= 0.6 is 11.6 Å². The van der Waals surface area contributed by atoms with Gasteiger partial charge in [-0.25, -0.2) is 9.18 Å². The van der Waals surface area contributed by atoms with E-state index in [1.165, 1.54) is 52.5 Å². The summed E-state index contributed by atoms with van der Waals surface area (Å²) in [6.45, 7) is 2.03. The van der Waals surface area contributed by atoms with E-state index in [0.717, 1.165) is 5.69 Å². The number of fused-ring (bicyclic) bond motifs is 1. The van der Waals surface area contributed by atoms with Crippen molar-refractivity contribution in [3.63, 3.8) is 0 Å². The molecular weight excluding hydrogens is 517 g/mol. The van der Waals surface area contributed by atoms with Gasteiger partial charge in [0.05, 0.1) is 28.2 Å². The molecule has 1 aromatic heterocycles. The number of aryl methyl sites for hydroxylation is 1. The fourth-order valence-electron chi connectivity index (χ4n) is 4.53. The molecule has 13 heteroatoms. The maximum absolute atomic E-state index is 14.5. The summed E-state index contributed by atoms with van der Waals surface area (Å²) in [5.74, 6) is -2.71. The molecule has 1 atom stereocenters. The lowest BCUT2D eigenvalue weighted by molar-refractivity contribution is -0.136. The van der Waals surface area contributed by atoms with E-state index in [4.69, 9.17) is 16.7 Å². The van der Waals surface area contributed by atoms with E-state index in [0.29, 0.717) is 23.4 Å². The largest absolute Gasteiger partial charge is 0.478 e. The van der Waals surface area contributed by atoms with Gasteiger partial charge in [0, 0.05) is 37.0 Å². The Hall–Kier alpha value is -4.42. The second-order valence-corrected chi connectivity index (χ2v) is 9.22. The molecule has 2 aromatic carbocycles. The summed E-state index contributed by atoms with van der Waals surface area (Å²) in [6.07, 6.45) is 1.83. The van der Waals surface area contributed by atoms with E-state index in [-0.39, 0.29) is 28.5 Å². The van der Waals surface area contributed by atoms with Crippen molar-refractivity contribution >= 4 is 40.8 Å².